The van der Waals surface area contributed by atoms with Crippen LogP contribution < -0.4 is 5.73 Å². The van der Waals surface area contributed by atoms with Crippen molar-refractivity contribution in [2.75, 3.05) is 12.0 Å². The lowest BCUT2D eigenvalue weighted by molar-refractivity contribution is 0.0809. The second-order valence-corrected chi connectivity index (χ2v) is 3.14. The van der Waals surface area contributed by atoms with E-state index in [1.54, 1.807) is 18.7 Å². The van der Waals surface area contributed by atoms with Gasteiger partial charge in [-0.1, -0.05) is 0 Å². The van der Waals surface area contributed by atoms with Gasteiger partial charge in [0.05, 0.1) is 0 Å². The molecule has 1 radical (unpaired) electrons. The van der Waals surface area contributed by atoms with Crippen molar-refractivity contribution in [3.05, 3.63) is 0 Å². The van der Waals surface area contributed by atoms with E-state index in [0.717, 1.165) is 12.2 Å². The molecule has 0 heterocycles. The number of nitrogens with two attached hydrogens (primary N) is 1. The van der Waals surface area contributed by atoms with Crippen LogP contribution in [0.3, 0.4) is 0 Å². The standard InChI is InChI=1S/C6H14NOS/c1-5(8)6(7)3-4-9-2/h5-6H,3-4,7H2,1-2H3. The van der Waals surface area contributed by atoms with Gasteiger partial charge >= 0.3 is 0 Å². The first-order valence-electron chi connectivity index (χ1n) is 3.08. The molecule has 0 rings (SSSR count). The van der Waals surface area contributed by atoms with Crippen molar-refractivity contribution >= 4 is 11.8 Å². The molecule has 0 aromatic heterocycles. The van der Waals surface area contributed by atoms with Crippen molar-refractivity contribution in [2.24, 2.45) is 5.73 Å². The van der Waals surface area contributed by atoms with Crippen LogP contribution in [0.25, 0.3) is 0 Å². The molecule has 2 nitrogen and oxygen atoms in total. The molecule has 0 saturated heterocycles. The molecule has 9 heavy (non-hydrogen) atoms. The van der Waals surface area contributed by atoms with E-state index in [2.05, 4.69) is 0 Å². The molecule has 0 fully saturated rings. The molecule has 0 aliphatic rings. The third kappa shape index (κ3) is 4.75. The molecular weight excluding hydrogens is 134 g/mol. The number of rotatable bonds is 4. The van der Waals surface area contributed by atoms with E-state index < -0.39 is 6.10 Å². The lowest BCUT2D eigenvalue weighted by Gasteiger charge is -2.10. The second-order valence-electron chi connectivity index (χ2n) is 2.15. The van der Waals surface area contributed by atoms with E-state index in [4.69, 9.17) is 5.73 Å². The Hall–Kier alpha value is 0.270. The van der Waals surface area contributed by atoms with Crippen LogP contribution in [0.1, 0.15) is 13.3 Å². The monoisotopic (exact) mass is 148 g/mol. The van der Waals surface area contributed by atoms with Crippen LogP contribution in [0.2, 0.25) is 0 Å². The van der Waals surface area contributed by atoms with Gasteiger partial charge in [-0.3, -0.25) is 0 Å². The van der Waals surface area contributed by atoms with Gasteiger partial charge in [-0.15, -0.1) is 0 Å². The summed E-state index contributed by atoms with van der Waals surface area (Å²) in [6.07, 6.45) is 2.24. The smallest absolute Gasteiger partial charge is 0.105 e. The highest BCUT2D eigenvalue weighted by Crippen LogP contribution is 2.01. The third-order valence-electron chi connectivity index (χ3n) is 1.26. The van der Waals surface area contributed by atoms with Crippen LogP contribution in [-0.4, -0.2) is 24.2 Å². The summed E-state index contributed by atoms with van der Waals surface area (Å²) in [6, 6.07) is -0.155. The maximum absolute atomic E-state index is 10.6. The Morgan fingerprint density at radius 3 is 2.56 bits per heavy atom. The number of hydrogen-bond acceptors (Lipinski definition) is 2. The Balaban J connectivity index is 3.16. The average Bonchev–Trinajstić information content (AvgIpc) is 1.82. The molecule has 0 saturated carbocycles. The van der Waals surface area contributed by atoms with Crippen LogP contribution in [0.5, 0.6) is 0 Å². The fourth-order valence-electron chi connectivity index (χ4n) is 0.489. The molecule has 2 atom stereocenters. The molecule has 0 aromatic rings. The zero-order chi connectivity index (χ0) is 7.28. The highest BCUT2D eigenvalue weighted by atomic mass is 32.2. The summed E-state index contributed by atoms with van der Waals surface area (Å²) in [4.78, 5) is 0. The van der Waals surface area contributed by atoms with Crippen molar-refractivity contribution in [1.29, 1.82) is 0 Å². The lowest BCUT2D eigenvalue weighted by Crippen LogP contribution is -2.31. The summed E-state index contributed by atoms with van der Waals surface area (Å²) >= 11 is 1.73. The van der Waals surface area contributed by atoms with E-state index in [-0.39, 0.29) is 6.04 Å². The molecule has 0 amide bonds. The zero-order valence-electron chi connectivity index (χ0n) is 5.96. The summed E-state index contributed by atoms with van der Waals surface area (Å²) < 4.78 is 0. The Morgan fingerprint density at radius 1 is 1.67 bits per heavy atom. The van der Waals surface area contributed by atoms with Gasteiger partial charge in [0, 0.05) is 6.04 Å². The predicted octanol–water partition coefficient (Wildman–Crippen LogP) is 0.886. The van der Waals surface area contributed by atoms with Gasteiger partial charge in [-0.05, 0) is 25.4 Å². The summed E-state index contributed by atoms with van der Waals surface area (Å²) in [5.74, 6) is 0.994. The molecule has 0 bridgehead atoms. The van der Waals surface area contributed by atoms with Crippen LogP contribution >= 0.6 is 11.8 Å². The van der Waals surface area contributed by atoms with Gasteiger partial charge in [0.2, 0.25) is 0 Å². The van der Waals surface area contributed by atoms with Gasteiger partial charge in [-0.2, -0.15) is 11.8 Å². The third-order valence-corrected chi connectivity index (χ3v) is 1.90. The fourth-order valence-corrected chi connectivity index (χ4v) is 0.997. The van der Waals surface area contributed by atoms with Crippen molar-refractivity contribution in [2.45, 2.75) is 25.5 Å². The zero-order valence-corrected chi connectivity index (χ0v) is 6.78. The van der Waals surface area contributed by atoms with Crippen LogP contribution in [0, 0.1) is 0 Å². The maximum Gasteiger partial charge on any atom is 0.105 e. The lowest BCUT2D eigenvalue weighted by atomic mass is 10.1. The van der Waals surface area contributed by atoms with E-state index in [0.29, 0.717) is 0 Å². The van der Waals surface area contributed by atoms with Crippen molar-refractivity contribution in [3.8, 4) is 0 Å². The van der Waals surface area contributed by atoms with Gasteiger partial charge in [0.15, 0.2) is 0 Å². The second kappa shape index (κ2) is 5.09. The molecule has 0 aromatic carbocycles. The summed E-state index contributed by atoms with van der Waals surface area (Å²) in [5, 5.41) is 10.6. The number of thioether (sulfide) groups is 1. The summed E-state index contributed by atoms with van der Waals surface area (Å²) in [7, 11) is 0. The van der Waals surface area contributed by atoms with Crippen LogP contribution in [0.4, 0.5) is 0 Å². The molecule has 0 aliphatic carbocycles. The Bertz CT molecular complexity index is 68.1. The Kier molecular flexibility index (Phi) is 5.24. The first kappa shape index (κ1) is 9.27. The molecule has 55 valence electrons. The van der Waals surface area contributed by atoms with Gasteiger partial charge in [-0.25, -0.2) is 5.11 Å². The average molecular weight is 148 g/mol. The first-order valence-corrected chi connectivity index (χ1v) is 4.48. The highest BCUT2D eigenvalue weighted by molar-refractivity contribution is 7.98. The van der Waals surface area contributed by atoms with Crippen LogP contribution in [0.15, 0.2) is 0 Å². The van der Waals surface area contributed by atoms with Gasteiger partial charge < -0.3 is 5.73 Å². The predicted molar refractivity (Wildman–Crippen MR) is 41.1 cm³/mol. The van der Waals surface area contributed by atoms with Crippen LogP contribution in [-0.2, 0) is 5.11 Å². The molecule has 2 N–H and O–H groups in total. The Morgan fingerprint density at radius 2 is 2.22 bits per heavy atom. The van der Waals surface area contributed by atoms with E-state index >= 15 is 0 Å². The molecular formula is C6H14NOS. The quantitative estimate of drug-likeness (QED) is 0.643. The molecule has 0 spiro atoms. The minimum absolute atomic E-state index is 0.155. The SMILES string of the molecule is CSCCC(N)C(C)[O]. The summed E-state index contributed by atoms with van der Waals surface area (Å²) in [6.45, 7) is 1.62. The van der Waals surface area contributed by atoms with E-state index in [9.17, 15) is 5.11 Å². The van der Waals surface area contributed by atoms with Crippen molar-refractivity contribution < 1.29 is 5.11 Å². The molecule has 3 heteroatoms. The fraction of sp³-hybridized carbons (Fsp3) is 1.00. The molecule has 0 aliphatic heterocycles. The van der Waals surface area contributed by atoms with E-state index in [1.807, 2.05) is 6.26 Å². The van der Waals surface area contributed by atoms with Gasteiger partial charge in [0.1, 0.15) is 6.10 Å². The first-order chi connectivity index (χ1) is 4.18. The largest absolute Gasteiger partial charge is 0.325 e. The van der Waals surface area contributed by atoms with Crippen molar-refractivity contribution in [3.63, 3.8) is 0 Å². The Labute approximate surface area is 60.8 Å². The summed E-state index contributed by atoms with van der Waals surface area (Å²) in [5.41, 5.74) is 5.48. The minimum atomic E-state index is -0.614. The normalized spacial score (nSPS) is 17.3. The number of hydrogen-bond donors (Lipinski definition) is 1. The van der Waals surface area contributed by atoms with Gasteiger partial charge in [0.25, 0.3) is 0 Å². The van der Waals surface area contributed by atoms with E-state index in [1.165, 1.54) is 0 Å². The topological polar surface area (TPSA) is 45.9 Å². The maximum atomic E-state index is 10.6. The van der Waals surface area contributed by atoms with Crippen molar-refractivity contribution in [1.82, 2.24) is 0 Å². The minimum Gasteiger partial charge on any atom is -0.325 e. The highest BCUT2D eigenvalue weighted by Gasteiger charge is 2.08. The molecule has 2 unspecified atom stereocenters.